The molecule has 0 spiro atoms. The van der Waals surface area contributed by atoms with E-state index in [1.54, 1.807) is 12.1 Å². The van der Waals surface area contributed by atoms with E-state index in [1.165, 1.54) is 11.3 Å². The number of carbonyl (C=O) groups is 2. The Morgan fingerprint density at radius 2 is 2.32 bits per heavy atom. The SMILES string of the molecule is O=C(CCC1CCCO1)NCc1ccc(C(=O)O)s1. The smallest absolute Gasteiger partial charge is 0.345 e. The number of carboxylic acid groups (broad SMARTS) is 1. The van der Waals surface area contributed by atoms with Crippen molar-refractivity contribution in [3.63, 3.8) is 0 Å². The van der Waals surface area contributed by atoms with Gasteiger partial charge in [0.1, 0.15) is 4.88 Å². The van der Waals surface area contributed by atoms with E-state index in [4.69, 9.17) is 9.84 Å². The number of nitrogens with one attached hydrogen (secondary N) is 1. The van der Waals surface area contributed by atoms with Crippen molar-refractivity contribution in [2.24, 2.45) is 0 Å². The first-order valence-corrected chi connectivity index (χ1v) is 7.17. The van der Waals surface area contributed by atoms with Crippen molar-refractivity contribution in [2.45, 2.75) is 38.3 Å². The minimum atomic E-state index is -0.930. The van der Waals surface area contributed by atoms with E-state index in [-0.39, 0.29) is 12.0 Å². The van der Waals surface area contributed by atoms with Crippen molar-refractivity contribution in [1.29, 1.82) is 0 Å². The molecular formula is C13H17NO4S. The molecule has 2 rings (SSSR count). The van der Waals surface area contributed by atoms with Crippen LogP contribution in [0.3, 0.4) is 0 Å². The molecule has 1 unspecified atom stereocenters. The van der Waals surface area contributed by atoms with Crippen LogP contribution in [0.4, 0.5) is 0 Å². The molecule has 1 aliphatic rings. The summed E-state index contributed by atoms with van der Waals surface area (Å²) in [5, 5.41) is 11.6. The van der Waals surface area contributed by atoms with Gasteiger partial charge in [0.05, 0.1) is 12.6 Å². The lowest BCUT2D eigenvalue weighted by atomic mass is 10.1. The number of hydrogen-bond donors (Lipinski definition) is 2. The maximum absolute atomic E-state index is 11.6. The second kappa shape index (κ2) is 6.68. The standard InChI is InChI=1S/C13H17NO4S/c15-12(6-3-9-2-1-7-18-9)14-8-10-4-5-11(19-10)13(16)17/h4-5,9H,1-3,6-8H2,(H,14,15)(H,16,17). The molecule has 1 amide bonds. The molecule has 1 atom stereocenters. The Morgan fingerprint density at radius 1 is 1.47 bits per heavy atom. The molecule has 1 aromatic rings. The van der Waals surface area contributed by atoms with E-state index < -0.39 is 5.97 Å². The fourth-order valence-corrected chi connectivity index (χ4v) is 2.81. The number of rotatable bonds is 6. The van der Waals surface area contributed by atoms with Gasteiger partial charge in [0.25, 0.3) is 0 Å². The summed E-state index contributed by atoms with van der Waals surface area (Å²) in [4.78, 5) is 23.5. The Hall–Kier alpha value is -1.40. The van der Waals surface area contributed by atoms with E-state index in [0.717, 1.165) is 30.7 Å². The molecule has 19 heavy (non-hydrogen) atoms. The minimum Gasteiger partial charge on any atom is -0.477 e. The van der Waals surface area contributed by atoms with Gasteiger partial charge in [-0.25, -0.2) is 4.79 Å². The molecule has 0 aromatic carbocycles. The largest absolute Gasteiger partial charge is 0.477 e. The molecule has 2 N–H and O–H groups in total. The zero-order valence-electron chi connectivity index (χ0n) is 10.6. The van der Waals surface area contributed by atoms with E-state index >= 15 is 0 Å². The van der Waals surface area contributed by atoms with Crippen LogP contribution in [0, 0.1) is 0 Å². The van der Waals surface area contributed by atoms with Gasteiger partial charge in [-0.2, -0.15) is 0 Å². The maximum Gasteiger partial charge on any atom is 0.345 e. The predicted octanol–water partition coefficient (Wildman–Crippen LogP) is 2.02. The summed E-state index contributed by atoms with van der Waals surface area (Å²) in [6, 6.07) is 3.29. The zero-order chi connectivity index (χ0) is 13.7. The van der Waals surface area contributed by atoms with Crippen LogP contribution >= 0.6 is 11.3 Å². The molecule has 0 aliphatic carbocycles. The lowest BCUT2D eigenvalue weighted by Crippen LogP contribution is -2.23. The van der Waals surface area contributed by atoms with Gasteiger partial charge in [-0.15, -0.1) is 11.3 Å². The molecule has 1 saturated heterocycles. The summed E-state index contributed by atoms with van der Waals surface area (Å²) in [7, 11) is 0. The third-order valence-corrected chi connectivity index (χ3v) is 4.12. The predicted molar refractivity (Wildman–Crippen MR) is 71.3 cm³/mol. The highest BCUT2D eigenvalue weighted by atomic mass is 32.1. The summed E-state index contributed by atoms with van der Waals surface area (Å²) in [5.74, 6) is -0.943. The second-order valence-corrected chi connectivity index (χ2v) is 5.69. The van der Waals surface area contributed by atoms with Gasteiger partial charge in [-0.3, -0.25) is 4.79 Å². The number of hydrogen-bond acceptors (Lipinski definition) is 4. The van der Waals surface area contributed by atoms with Crippen molar-refractivity contribution in [2.75, 3.05) is 6.61 Å². The van der Waals surface area contributed by atoms with Gasteiger partial charge < -0.3 is 15.2 Å². The number of thiophene rings is 1. The third kappa shape index (κ3) is 4.33. The van der Waals surface area contributed by atoms with Crippen LogP contribution < -0.4 is 5.32 Å². The van der Waals surface area contributed by atoms with E-state index in [9.17, 15) is 9.59 Å². The topological polar surface area (TPSA) is 75.6 Å². The van der Waals surface area contributed by atoms with Gasteiger partial charge in [0.2, 0.25) is 5.91 Å². The fourth-order valence-electron chi connectivity index (χ4n) is 2.03. The van der Waals surface area contributed by atoms with Gasteiger partial charge in [0.15, 0.2) is 0 Å². The third-order valence-electron chi connectivity index (χ3n) is 3.05. The molecule has 6 heteroatoms. The zero-order valence-corrected chi connectivity index (χ0v) is 11.4. The van der Waals surface area contributed by atoms with Crippen molar-refractivity contribution >= 4 is 23.2 Å². The number of amides is 1. The summed E-state index contributed by atoms with van der Waals surface area (Å²) >= 11 is 1.19. The van der Waals surface area contributed by atoms with Crippen LogP contribution in [-0.4, -0.2) is 29.7 Å². The minimum absolute atomic E-state index is 0.0132. The summed E-state index contributed by atoms with van der Waals surface area (Å²) in [5.41, 5.74) is 0. The summed E-state index contributed by atoms with van der Waals surface area (Å²) in [6.45, 7) is 1.20. The highest BCUT2D eigenvalue weighted by Crippen LogP contribution is 2.18. The first-order valence-electron chi connectivity index (χ1n) is 6.35. The van der Waals surface area contributed by atoms with Crippen LogP contribution in [0.2, 0.25) is 0 Å². The molecule has 1 aromatic heterocycles. The molecule has 2 heterocycles. The summed E-state index contributed by atoms with van der Waals surface area (Å²) in [6.07, 6.45) is 3.57. The van der Waals surface area contributed by atoms with Crippen molar-refractivity contribution in [3.8, 4) is 0 Å². The highest BCUT2D eigenvalue weighted by Gasteiger charge is 2.16. The average molecular weight is 283 g/mol. The Balaban J connectivity index is 1.68. The summed E-state index contributed by atoms with van der Waals surface area (Å²) < 4.78 is 5.45. The van der Waals surface area contributed by atoms with E-state index in [2.05, 4.69) is 5.32 Å². The number of aromatic carboxylic acids is 1. The molecule has 0 radical (unpaired) electrons. The number of carboxylic acids is 1. The van der Waals surface area contributed by atoms with Gasteiger partial charge >= 0.3 is 5.97 Å². The van der Waals surface area contributed by atoms with Crippen LogP contribution in [0.25, 0.3) is 0 Å². The van der Waals surface area contributed by atoms with Crippen LogP contribution in [0.1, 0.15) is 40.2 Å². The molecule has 1 aliphatic heterocycles. The molecule has 5 nitrogen and oxygen atoms in total. The lowest BCUT2D eigenvalue weighted by molar-refractivity contribution is -0.121. The van der Waals surface area contributed by atoms with Crippen LogP contribution in [0.15, 0.2) is 12.1 Å². The Bertz CT molecular complexity index is 451. The van der Waals surface area contributed by atoms with E-state index in [1.807, 2.05) is 0 Å². The second-order valence-electron chi connectivity index (χ2n) is 4.52. The Kier molecular flexibility index (Phi) is 4.93. The van der Waals surface area contributed by atoms with Gasteiger partial charge in [0, 0.05) is 17.9 Å². The molecule has 104 valence electrons. The molecule has 0 bridgehead atoms. The van der Waals surface area contributed by atoms with Crippen LogP contribution in [-0.2, 0) is 16.1 Å². The monoisotopic (exact) mass is 283 g/mol. The fraction of sp³-hybridized carbons (Fsp3) is 0.538. The van der Waals surface area contributed by atoms with Gasteiger partial charge in [-0.05, 0) is 31.4 Å². The molecule has 0 saturated carbocycles. The van der Waals surface area contributed by atoms with Crippen molar-refractivity contribution in [1.82, 2.24) is 5.32 Å². The normalized spacial score (nSPS) is 18.4. The maximum atomic E-state index is 11.6. The average Bonchev–Trinajstić information content (AvgIpc) is 3.05. The quantitative estimate of drug-likeness (QED) is 0.837. The van der Waals surface area contributed by atoms with Crippen molar-refractivity contribution < 1.29 is 19.4 Å². The van der Waals surface area contributed by atoms with Crippen molar-refractivity contribution in [3.05, 3.63) is 21.9 Å². The first kappa shape index (κ1) is 14.0. The number of ether oxygens (including phenoxy) is 1. The molecule has 1 fully saturated rings. The lowest BCUT2D eigenvalue weighted by Gasteiger charge is -2.08. The number of carbonyl (C=O) groups excluding carboxylic acids is 1. The van der Waals surface area contributed by atoms with Crippen LogP contribution in [0.5, 0.6) is 0 Å². The van der Waals surface area contributed by atoms with E-state index in [0.29, 0.717) is 17.8 Å². The van der Waals surface area contributed by atoms with Gasteiger partial charge in [-0.1, -0.05) is 0 Å². The first-order chi connectivity index (χ1) is 9.15. The highest BCUT2D eigenvalue weighted by molar-refractivity contribution is 7.13. The Labute approximate surface area is 115 Å². The Morgan fingerprint density at radius 3 is 2.95 bits per heavy atom. The molecular weight excluding hydrogens is 266 g/mol.